The molecule has 1 unspecified atom stereocenters. The van der Waals surface area contributed by atoms with Crippen molar-refractivity contribution in [1.82, 2.24) is 9.55 Å². The van der Waals surface area contributed by atoms with E-state index in [1.54, 1.807) is 0 Å². The summed E-state index contributed by atoms with van der Waals surface area (Å²) < 4.78 is 2.26. The second-order valence-corrected chi connectivity index (χ2v) is 4.41. The smallest absolute Gasteiger partial charge is 0.0953 e. The van der Waals surface area contributed by atoms with Crippen LogP contribution < -0.4 is 0 Å². The number of rotatable bonds is 6. The summed E-state index contributed by atoms with van der Waals surface area (Å²) in [6.45, 7) is 20.5. The van der Waals surface area contributed by atoms with E-state index >= 15 is 0 Å². The van der Waals surface area contributed by atoms with Gasteiger partial charge in [0.05, 0.1) is 12.4 Å². The lowest BCUT2D eigenvalue weighted by atomic mass is 10.1. The van der Waals surface area contributed by atoms with Crippen LogP contribution in [0.15, 0.2) is 48.5 Å². The van der Waals surface area contributed by atoms with Crippen molar-refractivity contribution in [2.75, 3.05) is 0 Å². The van der Waals surface area contributed by atoms with Crippen LogP contribution in [0.5, 0.6) is 0 Å². The molecule has 0 aromatic carbocycles. The maximum Gasteiger partial charge on any atom is 0.0953 e. The molecule has 0 spiro atoms. The van der Waals surface area contributed by atoms with Gasteiger partial charge in [0.25, 0.3) is 0 Å². The van der Waals surface area contributed by atoms with E-state index in [9.17, 15) is 0 Å². The summed E-state index contributed by atoms with van der Waals surface area (Å²) in [5, 5.41) is 0. The zero-order chi connectivity index (χ0) is 19.4. The number of allylic oxidation sites excluding steroid dienone is 6. The van der Waals surface area contributed by atoms with Gasteiger partial charge in [-0.2, -0.15) is 0 Å². The van der Waals surface area contributed by atoms with Gasteiger partial charge in [0.1, 0.15) is 0 Å². The summed E-state index contributed by atoms with van der Waals surface area (Å²) in [6.07, 6.45) is 16.7. The predicted molar refractivity (Wildman–Crippen MR) is 113 cm³/mol. The normalized spacial score (nSPS) is 11.8. The fraction of sp³-hybridized carbons (Fsp3) is 0.591. The highest BCUT2D eigenvalue weighted by molar-refractivity contribution is 5.28. The average Bonchev–Trinajstić information content (AvgIpc) is 3.12. The first-order chi connectivity index (χ1) is 11.7. The Labute approximate surface area is 152 Å². The molecular weight excluding hydrogens is 292 g/mol. The van der Waals surface area contributed by atoms with E-state index in [0.717, 1.165) is 12.8 Å². The summed E-state index contributed by atoms with van der Waals surface area (Å²) in [5.74, 6) is 0. The minimum atomic E-state index is 0.321. The molecule has 2 heteroatoms. The molecule has 0 fully saturated rings. The van der Waals surface area contributed by atoms with Gasteiger partial charge in [-0.05, 0) is 32.8 Å². The van der Waals surface area contributed by atoms with Crippen molar-refractivity contribution in [2.24, 2.45) is 0 Å². The Hall–Kier alpha value is -1.57. The van der Waals surface area contributed by atoms with Crippen molar-refractivity contribution in [3.63, 3.8) is 0 Å². The van der Waals surface area contributed by atoms with Gasteiger partial charge in [0.2, 0.25) is 0 Å². The lowest BCUT2D eigenvalue weighted by molar-refractivity contribution is 0.602. The molecule has 24 heavy (non-hydrogen) atoms. The number of hydrogen-bond acceptors (Lipinski definition) is 1. The van der Waals surface area contributed by atoms with Gasteiger partial charge in [0, 0.05) is 11.9 Å². The highest BCUT2D eigenvalue weighted by atomic mass is 15.1. The van der Waals surface area contributed by atoms with E-state index < -0.39 is 0 Å². The molecule has 0 N–H and O–H groups in total. The van der Waals surface area contributed by atoms with Crippen LogP contribution in [0.1, 0.15) is 87.4 Å². The molecule has 1 heterocycles. The Morgan fingerprint density at radius 2 is 1.67 bits per heavy atom. The topological polar surface area (TPSA) is 17.8 Å². The lowest BCUT2D eigenvalue weighted by Gasteiger charge is -2.17. The minimum absolute atomic E-state index is 0.321. The molecule has 0 bridgehead atoms. The quantitative estimate of drug-likeness (QED) is 0.491. The van der Waals surface area contributed by atoms with Crippen LogP contribution in [0.2, 0.25) is 0 Å². The summed E-state index contributed by atoms with van der Waals surface area (Å²) in [4.78, 5) is 4.28. The fourth-order valence-corrected chi connectivity index (χ4v) is 2.03. The van der Waals surface area contributed by atoms with Gasteiger partial charge in [-0.1, -0.05) is 85.3 Å². The number of aromatic nitrogens is 2. The van der Waals surface area contributed by atoms with Crippen LogP contribution in [-0.4, -0.2) is 9.55 Å². The van der Waals surface area contributed by atoms with Gasteiger partial charge >= 0.3 is 0 Å². The first-order valence-corrected chi connectivity index (χ1v) is 9.70. The number of imidazole rings is 1. The molecule has 0 amide bonds. The maximum atomic E-state index is 4.28. The van der Waals surface area contributed by atoms with Gasteiger partial charge in [-0.25, -0.2) is 4.98 Å². The van der Waals surface area contributed by atoms with Crippen molar-refractivity contribution < 1.29 is 0 Å². The molecule has 140 valence electrons. The third kappa shape index (κ3) is 11.0. The number of hydrogen-bond donors (Lipinski definition) is 0. The molecular formula is C22H42N2. The van der Waals surface area contributed by atoms with E-state index in [-0.39, 0.29) is 0 Å². The Balaban J connectivity index is -0.000000659. The number of aryl methyl sites for hydroxylation is 1. The van der Waals surface area contributed by atoms with Crippen molar-refractivity contribution in [2.45, 2.75) is 88.1 Å². The van der Waals surface area contributed by atoms with Crippen LogP contribution in [0.3, 0.4) is 0 Å². The molecule has 2 nitrogen and oxygen atoms in total. The maximum absolute atomic E-state index is 4.28. The van der Waals surface area contributed by atoms with Crippen LogP contribution in [0.25, 0.3) is 0 Å². The van der Waals surface area contributed by atoms with Crippen LogP contribution in [0, 0.1) is 0 Å². The van der Waals surface area contributed by atoms with E-state index in [4.69, 9.17) is 0 Å². The summed E-state index contributed by atoms with van der Waals surface area (Å²) in [6, 6.07) is 0.321. The van der Waals surface area contributed by atoms with Gasteiger partial charge in [-0.15, -0.1) is 0 Å². The Bertz CT molecular complexity index is 437. The third-order valence-corrected chi connectivity index (χ3v) is 2.99. The zero-order valence-corrected chi connectivity index (χ0v) is 17.9. The Morgan fingerprint density at radius 3 is 2.12 bits per heavy atom. The van der Waals surface area contributed by atoms with Crippen LogP contribution in [-0.2, 0) is 6.42 Å². The first-order valence-electron chi connectivity index (χ1n) is 9.70. The van der Waals surface area contributed by atoms with Gasteiger partial charge in [-0.3, -0.25) is 0 Å². The van der Waals surface area contributed by atoms with Crippen LogP contribution >= 0.6 is 0 Å². The van der Waals surface area contributed by atoms with Crippen molar-refractivity contribution >= 4 is 0 Å². The second-order valence-electron chi connectivity index (χ2n) is 4.41. The van der Waals surface area contributed by atoms with E-state index in [1.807, 2.05) is 61.0 Å². The fourth-order valence-electron chi connectivity index (χ4n) is 2.03. The lowest BCUT2D eigenvalue weighted by Crippen LogP contribution is -2.09. The molecule has 1 rings (SSSR count). The summed E-state index contributed by atoms with van der Waals surface area (Å²) >= 11 is 0. The standard InChI is InChI=1S/C16H24N2.3C2H6/c1-5-8-11-15(9-6-2)14(4)18-13-17-12-16(18)10-7-3;3*1-2/h5-6,8-9,11-14H,7,10H2,1-4H3;3*1-2H3/b8-5-,9-6-,15-11+;;;. The van der Waals surface area contributed by atoms with E-state index in [0.29, 0.717) is 6.04 Å². The molecule has 1 aromatic rings. The largest absolute Gasteiger partial charge is 0.327 e. The molecule has 0 aliphatic heterocycles. The summed E-state index contributed by atoms with van der Waals surface area (Å²) in [7, 11) is 0. The van der Waals surface area contributed by atoms with Crippen molar-refractivity contribution in [3.8, 4) is 0 Å². The molecule has 0 saturated carbocycles. The monoisotopic (exact) mass is 334 g/mol. The Kier molecular flexibility index (Phi) is 24.4. The van der Waals surface area contributed by atoms with Crippen molar-refractivity contribution in [1.29, 1.82) is 0 Å². The van der Waals surface area contributed by atoms with E-state index in [1.165, 1.54) is 11.3 Å². The van der Waals surface area contributed by atoms with E-state index in [2.05, 4.69) is 60.7 Å². The second kappa shape index (κ2) is 21.4. The van der Waals surface area contributed by atoms with Gasteiger partial charge in [0.15, 0.2) is 0 Å². The highest BCUT2D eigenvalue weighted by Gasteiger charge is 2.11. The predicted octanol–water partition coefficient (Wildman–Crippen LogP) is 7.55. The SMILES string of the molecule is CC.CC.CC.C\C=C/C=C(\C=C/C)C(C)n1cncc1CCC. The third-order valence-electron chi connectivity index (χ3n) is 2.99. The first kappa shape index (κ1) is 27.3. The molecule has 1 atom stereocenters. The molecule has 0 aliphatic carbocycles. The molecule has 0 saturated heterocycles. The zero-order valence-electron chi connectivity index (χ0n) is 17.9. The van der Waals surface area contributed by atoms with Gasteiger partial charge < -0.3 is 4.57 Å². The highest BCUT2D eigenvalue weighted by Crippen LogP contribution is 2.21. The Morgan fingerprint density at radius 1 is 1.08 bits per heavy atom. The summed E-state index contributed by atoms with van der Waals surface area (Å²) in [5.41, 5.74) is 2.60. The molecule has 1 aromatic heterocycles. The van der Waals surface area contributed by atoms with Crippen molar-refractivity contribution in [3.05, 3.63) is 54.2 Å². The van der Waals surface area contributed by atoms with Crippen LogP contribution in [0.4, 0.5) is 0 Å². The minimum Gasteiger partial charge on any atom is -0.327 e. The molecule has 0 aliphatic rings. The average molecular weight is 335 g/mol. The number of nitrogens with zero attached hydrogens (tertiary/aromatic N) is 2. The molecule has 0 radical (unpaired) electrons.